The molecule has 0 fully saturated rings. The molecule has 0 aromatic heterocycles. The van der Waals surface area contributed by atoms with Crippen LogP contribution in [0.4, 0.5) is 5.69 Å². The van der Waals surface area contributed by atoms with E-state index in [1.54, 1.807) is 0 Å². The molecule has 1 atom stereocenters. The topological polar surface area (TPSA) is 114 Å². The first-order chi connectivity index (χ1) is 8.68. The Morgan fingerprint density at radius 2 is 1.79 bits per heavy atom. The average Bonchev–Trinajstić information content (AvgIpc) is 2.25. The Morgan fingerprint density at radius 1 is 1.26 bits per heavy atom. The molecule has 19 heavy (non-hydrogen) atoms. The summed E-state index contributed by atoms with van der Waals surface area (Å²) >= 11 is 0. The number of halogens is 1. The summed E-state index contributed by atoms with van der Waals surface area (Å²) in [6, 6.07) is 7.84. The van der Waals surface area contributed by atoms with Gasteiger partial charge in [0.25, 0.3) is 0 Å². The fraction of sp³-hybridized carbons (Fsp3) is 0.364. The Hall–Kier alpha value is -1.38. The summed E-state index contributed by atoms with van der Waals surface area (Å²) in [7, 11) is -0.737. The number of likely N-dealkylation sites (N-methyl/N-ethyl adjacent to an activating group) is 1. The lowest BCUT2D eigenvalue weighted by molar-refractivity contribution is -1.92. The van der Waals surface area contributed by atoms with Crippen LogP contribution in [0.3, 0.4) is 0 Å². The van der Waals surface area contributed by atoms with Crippen LogP contribution in [0.5, 0.6) is 5.75 Å². The highest BCUT2D eigenvalue weighted by atomic mass is 35.7. The summed E-state index contributed by atoms with van der Waals surface area (Å²) in [5, 5.41) is 0. The lowest BCUT2D eigenvalue weighted by Gasteiger charge is -2.27. The quantitative estimate of drug-likeness (QED) is 0.587. The Labute approximate surface area is 113 Å². The number of ether oxygens (including phenoxy) is 1. The molecule has 1 N–H and O–H groups in total. The van der Waals surface area contributed by atoms with Gasteiger partial charge in [-0.3, -0.25) is 0 Å². The van der Waals surface area contributed by atoms with E-state index in [0.717, 1.165) is 17.3 Å². The van der Waals surface area contributed by atoms with Gasteiger partial charge in [0.05, 0.1) is 14.9 Å². The Bertz CT molecular complexity index is 453. The smallest absolute Gasteiger partial charge is 0.153 e. The molecule has 0 saturated heterocycles. The molecule has 1 aromatic rings. The fourth-order valence-electron chi connectivity index (χ4n) is 1.57. The van der Waals surface area contributed by atoms with Gasteiger partial charge in [-0.05, 0) is 19.1 Å². The zero-order valence-electron chi connectivity index (χ0n) is 10.7. The van der Waals surface area contributed by atoms with E-state index in [1.807, 2.05) is 50.2 Å². The fourth-order valence-corrected chi connectivity index (χ4v) is 1.57. The van der Waals surface area contributed by atoms with Gasteiger partial charge in [0.15, 0.2) is 6.10 Å². The largest absolute Gasteiger partial charge is 0.481 e. The molecule has 1 heterocycles. The second-order valence-electron chi connectivity index (χ2n) is 3.99. The molecule has 0 bridgehead atoms. The summed E-state index contributed by atoms with van der Waals surface area (Å²) in [4.78, 5) is 6.53. The summed E-state index contributed by atoms with van der Waals surface area (Å²) < 4.78 is 38.5. The van der Waals surface area contributed by atoms with Crippen molar-refractivity contribution < 1.29 is 33.6 Å². The minimum atomic E-state index is -4.69. The highest BCUT2D eigenvalue weighted by molar-refractivity contribution is 5.90. The maximum Gasteiger partial charge on any atom is 0.153 e. The molecular weight excluding hydrogens is 276 g/mol. The van der Waals surface area contributed by atoms with Crippen LogP contribution in [-0.2, 0) is 0 Å². The lowest BCUT2D eigenvalue weighted by atomic mass is 10.2. The molecule has 1 unspecified atom stereocenters. The third kappa shape index (κ3) is 5.41. The number of aliphatic imine (C=N–C) groups is 1. The van der Waals surface area contributed by atoms with Gasteiger partial charge in [0.1, 0.15) is 17.3 Å². The van der Waals surface area contributed by atoms with E-state index >= 15 is 0 Å². The second-order valence-corrected chi connectivity index (χ2v) is 4.78. The predicted octanol–water partition coefficient (Wildman–Crippen LogP) is -2.06. The van der Waals surface area contributed by atoms with Crippen LogP contribution in [0.25, 0.3) is 0 Å². The van der Waals surface area contributed by atoms with Crippen molar-refractivity contribution in [2.75, 3.05) is 14.1 Å². The number of benzene rings is 1. The number of fused-ring (bicyclic) bond motifs is 1. The molecule has 0 radical (unpaired) electrons. The van der Waals surface area contributed by atoms with Crippen molar-refractivity contribution in [2.24, 2.45) is 4.99 Å². The predicted molar refractivity (Wildman–Crippen MR) is 59.5 cm³/mol. The maximum atomic E-state index is 8.60. The van der Waals surface area contributed by atoms with Crippen molar-refractivity contribution in [2.45, 2.75) is 13.0 Å². The summed E-state index contributed by atoms with van der Waals surface area (Å²) in [6.45, 7) is 2.01. The van der Waals surface area contributed by atoms with Crippen LogP contribution in [0, 0.1) is 10.2 Å². The van der Waals surface area contributed by atoms with E-state index in [-0.39, 0.29) is 6.10 Å². The molecule has 0 spiro atoms. The molecule has 0 amide bonds. The minimum absolute atomic E-state index is 0.0277. The van der Waals surface area contributed by atoms with Crippen molar-refractivity contribution in [3.05, 3.63) is 24.3 Å². The zero-order chi connectivity index (χ0) is 14.6. The van der Waals surface area contributed by atoms with Gasteiger partial charge in [0, 0.05) is 14.1 Å². The van der Waals surface area contributed by atoms with Gasteiger partial charge in [-0.1, -0.05) is 12.1 Å². The number of nitrogens with zero attached hydrogens (tertiary/aromatic N) is 2. The normalized spacial score (nSPS) is 17.4. The third-order valence-corrected chi connectivity index (χ3v) is 2.23. The molecule has 0 aliphatic carbocycles. The molecule has 106 valence electrons. The summed E-state index contributed by atoms with van der Waals surface area (Å²) in [6.07, 6.45) is 0.0277. The van der Waals surface area contributed by atoms with Gasteiger partial charge >= 0.3 is 0 Å². The summed E-state index contributed by atoms with van der Waals surface area (Å²) in [5.41, 5.74) is 0.911. The van der Waals surface area contributed by atoms with E-state index in [4.69, 9.17) is 23.4 Å². The third-order valence-electron chi connectivity index (χ3n) is 2.23. The number of amidine groups is 1. The van der Waals surface area contributed by atoms with Crippen LogP contribution in [0.1, 0.15) is 6.92 Å². The van der Waals surface area contributed by atoms with Crippen molar-refractivity contribution in [1.29, 1.82) is 0 Å². The average molecular weight is 291 g/mol. The maximum absolute atomic E-state index is 8.60. The van der Waals surface area contributed by atoms with Gasteiger partial charge in [-0.15, -0.1) is 0 Å². The molecule has 1 aromatic carbocycles. The van der Waals surface area contributed by atoms with Gasteiger partial charge in [-0.2, -0.15) is 14.0 Å². The first-order valence-electron chi connectivity index (χ1n) is 5.33. The van der Waals surface area contributed by atoms with E-state index in [1.165, 1.54) is 0 Å². The van der Waals surface area contributed by atoms with Crippen LogP contribution in [-0.4, -0.2) is 35.6 Å². The number of para-hydroxylation sites is 2. The highest BCUT2D eigenvalue weighted by Gasteiger charge is 2.21. The van der Waals surface area contributed by atoms with E-state index in [0.29, 0.717) is 0 Å². The van der Waals surface area contributed by atoms with Crippen LogP contribution >= 0.6 is 0 Å². The van der Waals surface area contributed by atoms with Crippen LogP contribution < -0.4 is 18.7 Å². The molecule has 7 nitrogen and oxygen atoms in total. The molecule has 1 aliphatic rings. The minimum Gasteiger partial charge on any atom is -0.481 e. The van der Waals surface area contributed by atoms with Crippen molar-refractivity contribution in [1.82, 2.24) is 4.90 Å². The Kier molecular flexibility index (Phi) is 5.10. The molecule has 0 saturated carbocycles. The standard InChI is InChI=1S/C11H14N2O.ClHO4/c1-8-11(13(2)3)12-9-6-4-5-7-10(9)14-8;2-1(3,4)5/h4-8H,1-3H3;(H,2,3,4,5). The van der Waals surface area contributed by atoms with Crippen molar-refractivity contribution in [3.63, 3.8) is 0 Å². The number of hydrogen-bond donors (Lipinski definition) is 1. The van der Waals surface area contributed by atoms with Crippen molar-refractivity contribution in [3.8, 4) is 5.75 Å². The SMILES string of the molecule is CC1Oc2ccccc2N=C1N(C)C.[O-][Cl+3]([O-])([O-])O. The van der Waals surface area contributed by atoms with E-state index in [9.17, 15) is 0 Å². The Balaban J connectivity index is 0.000000312. The van der Waals surface area contributed by atoms with Gasteiger partial charge < -0.3 is 9.64 Å². The number of hydrogen-bond acceptors (Lipinski definition) is 7. The summed E-state index contributed by atoms with van der Waals surface area (Å²) in [5.74, 6) is 1.83. The van der Waals surface area contributed by atoms with Gasteiger partial charge in [0.2, 0.25) is 0 Å². The second kappa shape index (κ2) is 6.18. The Morgan fingerprint density at radius 3 is 2.32 bits per heavy atom. The molecule has 8 heteroatoms. The van der Waals surface area contributed by atoms with Crippen LogP contribution in [0.2, 0.25) is 0 Å². The monoisotopic (exact) mass is 290 g/mol. The zero-order valence-corrected chi connectivity index (χ0v) is 11.5. The van der Waals surface area contributed by atoms with Gasteiger partial charge in [-0.25, -0.2) is 4.99 Å². The number of rotatable bonds is 0. The molecular formula is C11H15ClN2O5. The molecule has 2 rings (SSSR count). The lowest BCUT2D eigenvalue weighted by Crippen LogP contribution is -2.58. The highest BCUT2D eigenvalue weighted by Crippen LogP contribution is 2.31. The van der Waals surface area contributed by atoms with Crippen LogP contribution in [0.15, 0.2) is 29.3 Å². The first kappa shape index (κ1) is 15.7. The van der Waals surface area contributed by atoms with E-state index in [2.05, 4.69) is 4.99 Å². The van der Waals surface area contributed by atoms with Crippen molar-refractivity contribution >= 4 is 11.5 Å². The molecule has 1 aliphatic heterocycles. The van der Waals surface area contributed by atoms with E-state index < -0.39 is 10.2 Å². The first-order valence-corrected chi connectivity index (χ1v) is 6.59.